The number of pyridine rings is 1. The lowest BCUT2D eigenvalue weighted by Gasteiger charge is -2.25. The predicted molar refractivity (Wildman–Crippen MR) is 159 cm³/mol. The minimum absolute atomic E-state index is 0.0685. The number of hydrogen-bond donors (Lipinski definition) is 0. The molecule has 0 amide bonds. The molecule has 0 aliphatic carbocycles. The van der Waals surface area contributed by atoms with Gasteiger partial charge in [0.15, 0.2) is 0 Å². The summed E-state index contributed by atoms with van der Waals surface area (Å²) in [5.41, 5.74) is 6.33. The second kappa shape index (κ2) is 12.2. The van der Waals surface area contributed by atoms with Crippen molar-refractivity contribution in [3.8, 4) is 5.88 Å². The van der Waals surface area contributed by atoms with Gasteiger partial charge >= 0.3 is 5.97 Å². The summed E-state index contributed by atoms with van der Waals surface area (Å²) >= 11 is 0. The van der Waals surface area contributed by atoms with Gasteiger partial charge in [-0.25, -0.2) is 18.1 Å². The molecule has 0 spiro atoms. The molecular formula is C31H37N5O5S. The van der Waals surface area contributed by atoms with Gasteiger partial charge in [0.25, 0.3) is 0 Å². The number of esters is 1. The number of hydrogen-bond acceptors (Lipinski definition) is 8. The summed E-state index contributed by atoms with van der Waals surface area (Å²) in [7, 11) is -3.87. The fraction of sp³-hybridized carbons (Fsp3) is 0.419. The Balaban J connectivity index is 1.56. The normalized spacial score (nSPS) is 17.3. The van der Waals surface area contributed by atoms with E-state index < -0.39 is 10.0 Å². The first-order valence-electron chi connectivity index (χ1n) is 14.4. The van der Waals surface area contributed by atoms with Gasteiger partial charge in [0, 0.05) is 25.2 Å². The van der Waals surface area contributed by atoms with Crippen molar-refractivity contribution in [3.63, 3.8) is 0 Å². The van der Waals surface area contributed by atoms with Gasteiger partial charge in [-0.1, -0.05) is 36.4 Å². The highest BCUT2D eigenvalue weighted by Gasteiger charge is 2.35. The average Bonchev–Trinajstić information content (AvgIpc) is 3.37. The SMILES string of the molecule is CCOC(=O)C[C@@H](c1ccc(C)c(CN2C[C@@H](CC)Oc3ncccc3S2(=O)=O)c1)c1ccc2c(nnn2CC)c1C. The average molecular weight is 592 g/mol. The molecule has 0 unspecified atom stereocenters. The standard InChI is InChI=1S/C31H37N5O5S/c1-6-24-19-35(42(38,39)28-10-9-15-32-31(28)41-24)18-23-16-22(12-11-20(23)4)26(17-29(37)40-8-3)25-13-14-27-30(21(25)5)33-34-36(27)7-2/h9-16,24,26H,6-8,17-19H2,1-5H3/t24-,26+/m1/s1. The van der Waals surface area contributed by atoms with Gasteiger partial charge in [-0.2, -0.15) is 4.31 Å². The van der Waals surface area contributed by atoms with Crippen molar-refractivity contribution < 1.29 is 22.7 Å². The Morgan fingerprint density at radius 1 is 1.14 bits per heavy atom. The maximum absolute atomic E-state index is 13.8. The van der Waals surface area contributed by atoms with Gasteiger partial charge in [0.2, 0.25) is 15.9 Å². The van der Waals surface area contributed by atoms with Crippen LogP contribution in [0.2, 0.25) is 0 Å². The molecule has 0 saturated heterocycles. The van der Waals surface area contributed by atoms with Crippen LogP contribution in [0.4, 0.5) is 0 Å². The number of carbonyl (C=O) groups is 1. The molecule has 0 saturated carbocycles. The third-order valence-corrected chi connectivity index (χ3v) is 9.78. The first kappa shape index (κ1) is 29.7. The molecule has 0 fully saturated rings. The molecule has 2 aromatic carbocycles. The summed E-state index contributed by atoms with van der Waals surface area (Å²) in [5, 5.41) is 8.69. The molecule has 11 heteroatoms. The zero-order valence-corrected chi connectivity index (χ0v) is 25.5. The van der Waals surface area contributed by atoms with Gasteiger partial charge in [0.05, 0.1) is 25.1 Å². The Hall–Kier alpha value is -3.83. The van der Waals surface area contributed by atoms with Crippen LogP contribution in [0, 0.1) is 13.8 Å². The second-order valence-electron chi connectivity index (χ2n) is 10.6. The van der Waals surface area contributed by atoms with E-state index in [9.17, 15) is 13.2 Å². The zero-order valence-electron chi connectivity index (χ0n) is 24.7. The number of carbonyl (C=O) groups excluding carboxylic acids is 1. The quantitative estimate of drug-likeness (QED) is 0.252. The number of fused-ring (bicyclic) bond motifs is 2. The van der Waals surface area contributed by atoms with Crippen molar-refractivity contribution in [3.05, 3.63) is 76.5 Å². The van der Waals surface area contributed by atoms with Crippen molar-refractivity contribution >= 4 is 27.0 Å². The van der Waals surface area contributed by atoms with E-state index in [0.29, 0.717) is 13.0 Å². The molecule has 1 aliphatic rings. The molecule has 0 N–H and O–H groups in total. The number of benzene rings is 2. The summed E-state index contributed by atoms with van der Waals surface area (Å²) in [5.74, 6) is -0.488. The van der Waals surface area contributed by atoms with Crippen LogP contribution in [0.3, 0.4) is 0 Å². The third kappa shape index (κ3) is 5.63. The third-order valence-electron chi connectivity index (χ3n) is 7.95. The van der Waals surface area contributed by atoms with E-state index in [0.717, 1.165) is 38.9 Å². The van der Waals surface area contributed by atoms with Gasteiger partial charge in [-0.15, -0.1) is 5.10 Å². The van der Waals surface area contributed by atoms with Gasteiger partial charge in [0.1, 0.15) is 16.5 Å². The number of ether oxygens (including phenoxy) is 2. The molecule has 3 heterocycles. The Kier molecular flexibility index (Phi) is 8.60. The highest BCUT2D eigenvalue weighted by atomic mass is 32.2. The Morgan fingerprint density at radius 2 is 1.95 bits per heavy atom. The van der Waals surface area contributed by atoms with Crippen molar-refractivity contribution in [2.75, 3.05) is 13.2 Å². The van der Waals surface area contributed by atoms with Crippen LogP contribution in [-0.2, 0) is 32.6 Å². The lowest BCUT2D eigenvalue weighted by atomic mass is 9.84. The first-order valence-corrected chi connectivity index (χ1v) is 15.8. The Bertz CT molecular complexity index is 1720. The molecule has 2 aromatic heterocycles. The summed E-state index contributed by atoms with van der Waals surface area (Å²) in [6, 6.07) is 13.2. The van der Waals surface area contributed by atoms with Crippen molar-refractivity contribution in [2.24, 2.45) is 0 Å². The van der Waals surface area contributed by atoms with E-state index in [1.165, 1.54) is 16.6 Å². The summed E-state index contributed by atoms with van der Waals surface area (Å²) in [6.45, 7) is 11.1. The molecule has 5 rings (SSSR count). The Morgan fingerprint density at radius 3 is 2.69 bits per heavy atom. The smallest absolute Gasteiger partial charge is 0.306 e. The lowest BCUT2D eigenvalue weighted by Crippen LogP contribution is -2.36. The van der Waals surface area contributed by atoms with Crippen molar-refractivity contribution in [2.45, 2.75) is 77.5 Å². The highest BCUT2D eigenvalue weighted by Crippen LogP contribution is 2.36. The maximum atomic E-state index is 13.8. The van der Waals surface area contributed by atoms with Gasteiger partial charge < -0.3 is 9.47 Å². The molecule has 42 heavy (non-hydrogen) atoms. The van der Waals surface area contributed by atoms with E-state index in [1.54, 1.807) is 13.0 Å². The highest BCUT2D eigenvalue weighted by molar-refractivity contribution is 7.89. The fourth-order valence-corrected chi connectivity index (χ4v) is 7.06. The van der Waals surface area contributed by atoms with Crippen LogP contribution < -0.4 is 4.74 Å². The molecule has 2 atom stereocenters. The Labute approximate surface area is 246 Å². The van der Waals surface area contributed by atoms with E-state index >= 15 is 0 Å². The van der Waals surface area contributed by atoms with E-state index in [1.807, 2.05) is 62.7 Å². The molecule has 222 valence electrons. The number of rotatable bonds is 9. The summed E-state index contributed by atoms with van der Waals surface area (Å²) in [4.78, 5) is 17.1. The fourth-order valence-electron chi connectivity index (χ4n) is 5.54. The number of aryl methyl sites for hydroxylation is 3. The molecule has 0 bridgehead atoms. The molecule has 4 aromatic rings. The minimum Gasteiger partial charge on any atom is -0.472 e. The van der Waals surface area contributed by atoms with Gasteiger partial charge in [-0.3, -0.25) is 4.79 Å². The maximum Gasteiger partial charge on any atom is 0.306 e. The van der Waals surface area contributed by atoms with Gasteiger partial charge in [-0.05, 0) is 80.1 Å². The van der Waals surface area contributed by atoms with Crippen molar-refractivity contribution in [1.82, 2.24) is 24.3 Å². The minimum atomic E-state index is -3.87. The van der Waals surface area contributed by atoms with Crippen LogP contribution in [0.15, 0.2) is 53.6 Å². The number of sulfonamides is 1. The largest absolute Gasteiger partial charge is 0.472 e. The van der Waals surface area contributed by atoms with Crippen LogP contribution in [-0.4, -0.2) is 57.9 Å². The number of nitrogens with zero attached hydrogens (tertiary/aromatic N) is 5. The van der Waals surface area contributed by atoms with E-state index in [2.05, 4.69) is 15.3 Å². The van der Waals surface area contributed by atoms with Crippen LogP contribution in [0.5, 0.6) is 5.88 Å². The lowest BCUT2D eigenvalue weighted by molar-refractivity contribution is -0.143. The molecule has 10 nitrogen and oxygen atoms in total. The van der Waals surface area contributed by atoms with Crippen molar-refractivity contribution in [1.29, 1.82) is 0 Å². The monoisotopic (exact) mass is 591 g/mol. The van der Waals surface area contributed by atoms with Crippen LogP contribution in [0.1, 0.15) is 67.3 Å². The first-order chi connectivity index (χ1) is 20.2. The molecule has 0 radical (unpaired) electrons. The summed E-state index contributed by atoms with van der Waals surface area (Å²) in [6.07, 6.45) is 1.97. The zero-order chi connectivity index (χ0) is 30.0. The number of aromatic nitrogens is 4. The predicted octanol–water partition coefficient (Wildman–Crippen LogP) is 4.91. The molecule has 1 aliphatic heterocycles. The van der Waals surface area contributed by atoms with Crippen LogP contribution >= 0.6 is 0 Å². The molecular weight excluding hydrogens is 554 g/mol. The summed E-state index contributed by atoms with van der Waals surface area (Å²) < 4.78 is 42.2. The van der Waals surface area contributed by atoms with E-state index in [4.69, 9.17) is 9.47 Å². The topological polar surface area (TPSA) is 117 Å². The van der Waals surface area contributed by atoms with E-state index in [-0.39, 0.29) is 54.9 Å². The van der Waals surface area contributed by atoms with Crippen LogP contribution in [0.25, 0.3) is 11.0 Å². The second-order valence-corrected chi connectivity index (χ2v) is 12.5.